The molecule has 1 saturated heterocycles. The zero-order valence-corrected chi connectivity index (χ0v) is 22.9. The summed E-state index contributed by atoms with van der Waals surface area (Å²) in [5.74, 6) is 0.857. The van der Waals surface area contributed by atoms with Gasteiger partial charge in [-0.3, -0.25) is 14.1 Å². The monoisotopic (exact) mass is 545 g/mol. The summed E-state index contributed by atoms with van der Waals surface area (Å²) in [5, 5.41) is 9.48. The highest BCUT2D eigenvalue weighted by molar-refractivity contribution is 5.81. The Morgan fingerprint density at radius 3 is 2.44 bits per heavy atom. The number of aromatic nitrogens is 2. The largest absolute Gasteiger partial charge is 0.486 e. The second-order valence-corrected chi connectivity index (χ2v) is 10.8. The molecule has 2 aromatic heterocycles. The molecule has 0 radical (unpaired) electrons. The summed E-state index contributed by atoms with van der Waals surface area (Å²) in [6, 6.07) is 24.8. The van der Waals surface area contributed by atoms with Crippen molar-refractivity contribution in [3.05, 3.63) is 96.3 Å². The Hall–Kier alpha value is -4.62. The Kier molecular flexibility index (Phi) is 6.44. The van der Waals surface area contributed by atoms with Gasteiger partial charge in [-0.05, 0) is 84.0 Å². The Bertz CT molecular complexity index is 1760. The highest BCUT2D eigenvalue weighted by Gasteiger charge is 2.30. The number of hydrogen-bond donors (Lipinski definition) is 1. The van der Waals surface area contributed by atoms with E-state index in [0.29, 0.717) is 19.8 Å². The van der Waals surface area contributed by atoms with Crippen molar-refractivity contribution in [3.8, 4) is 45.0 Å². The third-order valence-corrected chi connectivity index (χ3v) is 8.30. The molecule has 3 aromatic carbocycles. The normalized spacial score (nSPS) is 16.8. The number of fused-ring (bicyclic) bond motifs is 2. The predicted octanol–water partition coefficient (Wildman–Crippen LogP) is 6.46. The molecule has 2 aliphatic heterocycles. The molecule has 1 fully saturated rings. The first-order chi connectivity index (χ1) is 20.0. The van der Waals surface area contributed by atoms with E-state index < -0.39 is 5.97 Å². The summed E-state index contributed by atoms with van der Waals surface area (Å²) in [6.07, 6.45) is 5.65. The first-order valence-corrected chi connectivity index (χ1v) is 14.1. The molecule has 0 unspecified atom stereocenters. The van der Waals surface area contributed by atoms with Crippen molar-refractivity contribution in [2.75, 3.05) is 19.8 Å². The number of hydrogen-bond acceptors (Lipinski definition) is 5. The van der Waals surface area contributed by atoms with Gasteiger partial charge in [0.2, 0.25) is 0 Å². The van der Waals surface area contributed by atoms with Crippen molar-refractivity contribution in [1.29, 1.82) is 0 Å². The lowest BCUT2D eigenvalue weighted by atomic mass is 9.93. The first-order valence-electron chi connectivity index (χ1n) is 14.1. The molecule has 4 heterocycles. The quantitative estimate of drug-likeness (QED) is 0.264. The molecular formula is C34H31N3O4. The van der Waals surface area contributed by atoms with Crippen LogP contribution in [0.15, 0.2) is 85.2 Å². The smallest absolute Gasteiger partial charge is 0.320 e. The molecule has 0 aliphatic carbocycles. The molecule has 206 valence electrons. The number of rotatable bonds is 6. The number of benzene rings is 3. The molecule has 1 N–H and O–H groups in total. The Labute approximate surface area is 238 Å². The van der Waals surface area contributed by atoms with Gasteiger partial charge in [-0.25, -0.2) is 4.98 Å². The topological polar surface area (TPSA) is 76.3 Å². The maximum absolute atomic E-state index is 11.5. The minimum absolute atomic E-state index is 0.381. The number of carboxylic acids is 1. The molecule has 41 heavy (non-hydrogen) atoms. The highest BCUT2D eigenvalue weighted by Crippen LogP contribution is 2.38. The molecule has 7 nitrogen and oxygen atoms in total. The Morgan fingerprint density at radius 2 is 1.66 bits per heavy atom. The van der Waals surface area contributed by atoms with E-state index in [9.17, 15) is 9.90 Å². The molecule has 2 aliphatic rings. The van der Waals surface area contributed by atoms with Gasteiger partial charge in [0.25, 0.3) is 0 Å². The summed E-state index contributed by atoms with van der Waals surface area (Å²) < 4.78 is 13.6. The van der Waals surface area contributed by atoms with E-state index in [0.717, 1.165) is 75.6 Å². The number of imidazole rings is 1. The highest BCUT2D eigenvalue weighted by atomic mass is 16.6. The van der Waals surface area contributed by atoms with Crippen molar-refractivity contribution >= 4 is 11.6 Å². The summed E-state index contributed by atoms with van der Waals surface area (Å²) >= 11 is 0. The van der Waals surface area contributed by atoms with Crippen LogP contribution < -0.4 is 9.47 Å². The molecule has 0 spiro atoms. The first kappa shape index (κ1) is 25.4. The number of carboxylic acid groups (broad SMARTS) is 1. The van der Waals surface area contributed by atoms with E-state index in [1.807, 2.05) is 12.3 Å². The van der Waals surface area contributed by atoms with E-state index in [-0.39, 0.29) is 6.04 Å². The fourth-order valence-electron chi connectivity index (χ4n) is 6.14. The third-order valence-electron chi connectivity index (χ3n) is 8.30. The van der Waals surface area contributed by atoms with E-state index in [1.54, 1.807) is 0 Å². The fraction of sp³-hybridized carbons (Fsp3) is 0.235. The molecular weight excluding hydrogens is 514 g/mol. The minimum atomic E-state index is -0.727. The van der Waals surface area contributed by atoms with E-state index >= 15 is 0 Å². The fourth-order valence-corrected chi connectivity index (χ4v) is 6.14. The maximum Gasteiger partial charge on any atom is 0.320 e. The molecule has 0 saturated carbocycles. The molecule has 0 amide bonds. The average Bonchev–Trinajstić information content (AvgIpc) is 3.64. The van der Waals surface area contributed by atoms with Gasteiger partial charge in [0.1, 0.15) is 24.9 Å². The lowest BCUT2D eigenvalue weighted by molar-refractivity contribution is -0.142. The third kappa shape index (κ3) is 4.72. The van der Waals surface area contributed by atoms with Crippen molar-refractivity contribution in [3.63, 3.8) is 0 Å². The summed E-state index contributed by atoms with van der Waals surface area (Å²) in [7, 11) is 0. The van der Waals surface area contributed by atoms with Gasteiger partial charge in [-0.1, -0.05) is 48.5 Å². The van der Waals surface area contributed by atoms with E-state index in [2.05, 4.69) is 89.2 Å². The Balaban J connectivity index is 1.15. The zero-order valence-electron chi connectivity index (χ0n) is 22.9. The Morgan fingerprint density at radius 1 is 0.927 bits per heavy atom. The summed E-state index contributed by atoms with van der Waals surface area (Å²) in [4.78, 5) is 18.3. The van der Waals surface area contributed by atoms with Crippen molar-refractivity contribution in [1.82, 2.24) is 14.3 Å². The van der Waals surface area contributed by atoms with Gasteiger partial charge in [0.05, 0.1) is 11.9 Å². The molecule has 5 aromatic rings. The second-order valence-electron chi connectivity index (χ2n) is 10.8. The maximum atomic E-state index is 11.5. The van der Waals surface area contributed by atoms with Gasteiger partial charge in [0, 0.05) is 18.3 Å². The van der Waals surface area contributed by atoms with Crippen LogP contribution in [0.5, 0.6) is 11.5 Å². The van der Waals surface area contributed by atoms with Crippen LogP contribution in [0.4, 0.5) is 0 Å². The molecule has 7 rings (SSSR count). The number of ether oxygens (including phenoxy) is 2. The number of likely N-dealkylation sites (tertiary alicyclic amines) is 1. The van der Waals surface area contributed by atoms with Crippen LogP contribution in [-0.2, 0) is 11.3 Å². The second kappa shape index (κ2) is 10.4. The summed E-state index contributed by atoms with van der Waals surface area (Å²) in [6.45, 7) is 4.78. The summed E-state index contributed by atoms with van der Waals surface area (Å²) in [5.41, 5.74) is 9.82. The standard InChI is InChI=1S/C34H31N3O4/c1-22-27(25-11-12-31-32(18-25)41-17-16-40-31)4-2-5-28(22)26-13-15-37-30(20-35-33(37)19-26)24-9-7-23(8-10-24)21-36-14-3-6-29(36)34(38)39/h2,4-5,7-13,15,18-20,29H,3,6,14,16-17,21H2,1H3,(H,38,39)/t29-/m0/s1. The van der Waals surface area contributed by atoms with Gasteiger partial charge in [-0.15, -0.1) is 0 Å². The molecule has 0 bridgehead atoms. The minimum Gasteiger partial charge on any atom is -0.486 e. The van der Waals surface area contributed by atoms with Gasteiger partial charge in [-0.2, -0.15) is 0 Å². The van der Waals surface area contributed by atoms with Crippen LogP contribution in [0.1, 0.15) is 24.0 Å². The van der Waals surface area contributed by atoms with Gasteiger partial charge < -0.3 is 14.6 Å². The number of pyridine rings is 1. The van der Waals surface area contributed by atoms with Crippen LogP contribution >= 0.6 is 0 Å². The van der Waals surface area contributed by atoms with Crippen molar-refractivity contribution in [2.24, 2.45) is 0 Å². The number of nitrogens with zero attached hydrogens (tertiary/aromatic N) is 3. The lowest BCUT2D eigenvalue weighted by Gasteiger charge is -2.21. The van der Waals surface area contributed by atoms with Gasteiger partial charge >= 0.3 is 5.97 Å². The number of carbonyl (C=O) groups is 1. The van der Waals surface area contributed by atoms with Crippen molar-refractivity contribution in [2.45, 2.75) is 32.4 Å². The van der Waals surface area contributed by atoms with Crippen molar-refractivity contribution < 1.29 is 19.4 Å². The predicted molar refractivity (Wildman–Crippen MR) is 158 cm³/mol. The average molecular weight is 546 g/mol. The van der Waals surface area contributed by atoms with Crippen LogP contribution in [0, 0.1) is 6.92 Å². The van der Waals surface area contributed by atoms with Crippen LogP contribution in [0.3, 0.4) is 0 Å². The molecule has 7 heteroatoms. The van der Waals surface area contributed by atoms with E-state index in [1.165, 1.54) is 5.56 Å². The SMILES string of the molecule is Cc1c(-c2ccc3c(c2)OCCO3)cccc1-c1ccn2c(-c3ccc(CN4CCC[C@H]4C(=O)O)cc3)cnc2c1. The number of aliphatic carboxylic acids is 1. The lowest BCUT2D eigenvalue weighted by Crippen LogP contribution is -2.35. The zero-order chi connectivity index (χ0) is 27.9. The van der Waals surface area contributed by atoms with Gasteiger partial charge in [0.15, 0.2) is 11.5 Å². The van der Waals surface area contributed by atoms with E-state index in [4.69, 9.17) is 14.5 Å². The van der Waals surface area contributed by atoms with Crippen LogP contribution in [0.2, 0.25) is 0 Å². The van der Waals surface area contributed by atoms with Crippen LogP contribution in [-0.4, -0.2) is 51.2 Å². The van der Waals surface area contributed by atoms with Crippen LogP contribution in [0.25, 0.3) is 39.2 Å². The molecule has 1 atom stereocenters.